The average molecular weight is 113 g/mol. The molecule has 0 aromatic carbocycles. The van der Waals surface area contributed by atoms with Crippen molar-refractivity contribution < 1.29 is 0 Å². The molecule has 0 heterocycles. The second-order valence-electron chi connectivity index (χ2n) is 2.47. The quantitative estimate of drug-likeness (QED) is 0.554. The Morgan fingerprint density at radius 2 is 2.25 bits per heavy atom. The van der Waals surface area contributed by atoms with Crippen molar-refractivity contribution in [2.24, 2.45) is 5.73 Å². The summed E-state index contributed by atoms with van der Waals surface area (Å²) in [5.41, 5.74) is 6.72. The Morgan fingerprint density at radius 3 is 2.38 bits per heavy atom. The van der Waals surface area contributed by atoms with Gasteiger partial charge in [-0.15, -0.1) is 6.58 Å². The molecule has 0 radical (unpaired) electrons. The molecular formula is C7H15N. The summed E-state index contributed by atoms with van der Waals surface area (Å²) in [7, 11) is 0. The van der Waals surface area contributed by atoms with Crippen LogP contribution in [0.25, 0.3) is 0 Å². The normalized spacial score (nSPS) is 13.4. The topological polar surface area (TPSA) is 26.0 Å². The third kappa shape index (κ3) is 5.70. The summed E-state index contributed by atoms with van der Waals surface area (Å²) in [6.45, 7) is 7.82. The lowest BCUT2D eigenvalue weighted by Gasteiger charge is -2.01. The van der Waals surface area contributed by atoms with E-state index >= 15 is 0 Å². The Labute approximate surface area is 51.6 Å². The van der Waals surface area contributed by atoms with E-state index < -0.39 is 0 Å². The van der Waals surface area contributed by atoms with Gasteiger partial charge in [-0.2, -0.15) is 0 Å². The van der Waals surface area contributed by atoms with Crippen molar-refractivity contribution >= 4 is 0 Å². The maximum atomic E-state index is 5.50. The van der Waals surface area contributed by atoms with Crippen LogP contribution in [0.5, 0.6) is 0 Å². The van der Waals surface area contributed by atoms with Gasteiger partial charge in [-0.1, -0.05) is 5.57 Å². The molecule has 1 nitrogen and oxygen atoms in total. The first kappa shape index (κ1) is 7.70. The monoisotopic (exact) mass is 113 g/mol. The van der Waals surface area contributed by atoms with E-state index in [2.05, 4.69) is 6.58 Å². The molecule has 0 bridgehead atoms. The van der Waals surface area contributed by atoms with Crippen LogP contribution in [0.15, 0.2) is 12.2 Å². The number of hydrogen-bond acceptors (Lipinski definition) is 1. The minimum atomic E-state index is 0.326. The van der Waals surface area contributed by atoms with Crippen molar-refractivity contribution in [2.75, 3.05) is 0 Å². The zero-order chi connectivity index (χ0) is 6.57. The molecule has 0 amide bonds. The zero-order valence-electron chi connectivity index (χ0n) is 5.78. The lowest BCUT2D eigenvalue weighted by Crippen LogP contribution is -2.13. The Hall–Kier alpha value is -0.300. The zero-order valence-corrected chi connectivity index (χ0v) is 5.78. The highest BCUT2D eigenvalue weighted by Gasteiger charge is 1.91. The van der Waals surface area contributed by atoms with E-state index in [4.69, 9.17) is 5.73 Å². The highest BCUT2D eigenvalue weighted by molar-refractivity contribution is 4.88. The maximum Gasteiger partial charge on any atom is 0.00135 e. The first-order valence-corrected chi connectivity index (χ1v) is 3.03. The van der Waals surface area contributed by atoms with Gasteiger partial charge in [0.15, 0.2) is 0 Å². The second-order valence-corrected chi connectivity index (χ2v) is 2.47. The smallest absolute Gasteiger partial charge is 0.00135 e. The van der Waals surface area contributed by atoms with E-state index in [-0.39, 0.29) is 0 Å². The van der Waals surface area contributed by atoms with Crippen molar-refractivity contribution in [3.05, 3.63) is 12.2 Å². The van der Waals surface area contributed by atoms with Crippen LogP contribution in [-0.4, -0.2) is 6.04 Å². The van der Waals surface area contributed by atoms with Crippen molar-refractivity contribution in [1.82, 2.24) is 0 Å². The van der Waals surface area contributed by atoms with E-state index in [1.54, 1.807) is 0 Å². The van der Waals surface area contributed by atoms with Gasteiger partial charge in [0, 0.05) is 6.04 Å². The van der Waals surface area contributed by atoms with Crippen LogP contribution in [0, 0.1) is 0 Å². The Kier molecular flexibility index (Phi) is 3.53. The molecule has 0 aliphatic heterocycles. The van der Waals surface area contributed by atoms with Crippen LogP contribution in [0.4, 0.5) is 0 Å². The third-order valence-corrected chi connectivity index (χ3v) is 1.03. The van der Waals surface area contributed by atoms with E-state index in [0.29, 0.717) is 6.04 Å². The van der Waals surface area contributed by atoms with E-state index in [1.807, 2.05) is 13.8 Å². The molecule has 0 saturated carbocycles. The fraction of sp³-hybridized carbons (Fsp3) is 0.714. The van der Waals surface area contributed by atoms with Crippen LogP contribution < -0.4 is 5.73 Å². The molecule has 0 aromatic heterocycles. The van der Waals surface area contributed by atoms with Crippen LogP contribution in [0.2, 0.25) is 0 Å². The summed E-state index contributed by atoms with van der Waals surface area (Å²) in [6.07, 6.45) is 2.13. The Bertz CT molecular complexity index is 74.5. The van der Waals surface area contributed by atoms with Crippen LogP contribution >= 0.6 is 0 Å². The van der Waals surface area contributed by atoms with Gasteiger partial charge < -0.3 is 5.73 Å². The van der Waals surface area contributed by atoms with Crippen molar-refractivity contribution in [2.45, 2.75) is 32.7 Å². The third-order valence-electron chi connectivity index (χ3n) is 1.03. The van der Waals surface area contributed by atoms with Crippen LogP contribution in [0.1, 0.15) is 26.7 Å². The summed E-state index contributed by atoms with van der Waals surface area (Å²) >= 11 is 0. The molecule has 0 rings (SSSR count). The maximum absolute atomic E-state index is 5.50. The molecule has 8 heavy (non-hydrogen) atoms. The molecule has 2 N–H and O–H groups in total. The minimum Gasteiger partial charge on any atom is -0.328 e. The van der Waals surface area contributed by atoms with Gasteiger partial charge >= 0.3 is 0 Å². The molecule has 0 aromatic rings. The van der Waals surface area contributed by atoms with E-state index in [1.165, 1.54) is 5.57 Å². The summed E-state index contributed by atoms with van der Waals surface area (Å²) in [6, 6.07) is 0.326. The molecule has 0 aliphatic rings. The van der Waals surface area contributed by atoms with Gasteiger partial charge in [0.2, 0.25) is 0 Å². The largest absolute Gasteiger partial charge is 0.328 e. The fourth-order valence-corrected chi connectivity index (χ4v) is 0.474. The first-order valence-electron chi connectivity index (χ1n) is 3.03. The minimum absolute atomic E-state index is 0.326. The number of allylic oxidation sites excluding steroid dienone is 1. The predicted octanol–water partition coefficient (Wildman–Crippen LogP) is 1.69. The molecule has 1 heteroatoms. The molecule has 48 valence electrons. The van der Waals surface area contributed by atoms with Crippen LogP contribution in [-0.2, 0) is 0 Å². The molecule has 0 spiro atoms. The summed E-state index contributed by atoms with van der Waals surface area (Å²) in [4.78, 5) is 0. The van der Waals surface area contributed by atoms with Gasteiger partial charge in [-0.25, -0.2) is 0 Å². The molecule has 0 aliphatic carbocycles. The van der Waals surface area contributed by atoms with Gasteiger partial charge in [-0.05, 0) is 26.7 Å². The summed E-state index contributed by atoms with van der Waals surface area (Å²) in [5.74, 6) is 0. The number of rotatable bonds is 3. The highest BCUT2D eigenvalue weighted by atomic mass is 14.6. The molecule has 1 atom stereocenters. The van der Waals surface area contributed by atoms with Crippen LogP contribution in [0.3, 0.4) is 0 Å². The van der Waals surface area contributed by atoms with Crippen molar-refractivity contribution in [1.29, 1.82) is 0 Å². The molecule has 1 unspecified atom stereocenters. The predicted molar refractivity (Wildman–Crippen MR) is 37.7 cm³/mol. The average Bonchev–Trinajstić information content (AvgIpc) is 1.61. The van der Waals surface area contributed by atoms with Gasteiger partial charge in [-0.3, -0.25) is 0 Å². The summed E-state index contributed by atoms with van der Waals surface area (Å²) < 4.78 is 0. The lowest BCUT2D eigenvalue weighted by atomic mass is 10.1. The van der Waals surface area contributed by atoms with E-state index in [0.717, 1.165) is 12.8 Å². The molecular weight excluding hydrogens is 98.1 g/mol. The van der Waals surface area contributed by atoms with Crippen molar-refractivity contribution in [3.8, 4) is 0 Å². The van der Waals surface area contributed by atoms with Crippen molar-refractivity contribution in [3.63, 3.8) is 0 Å². The standard InChI is InChI=1S/C7H15N/c1-6(2)4-5-7(3)8/h7H,1,4-5,8H2,2-3H3. The fourth-order valence-electron chi connectivity index (χ4n) is 0.474. The number of nitrogens with two attached hydrogens (primary N) is 1. The Balaban J connectivity index is 3.05. The SMILES string of the molecule is C=C(C)CCC(C)N. The highest BCUT2D eigenvalue weighted by Crippen LogP contribution is 2.01. The van der Waals surface area contributed by atoms with Gasteiger partial charge in [0.05, 0.1) is 0 Å². The molecule has 0 saturated heterocycles. The lowest BCUT2D eigenvalue weighted by molar-refractivity contribution is 0.664. The van der Waals surface area contributed by atoms with E-state index in [9.17, 15) is 0 Å². The van der Waals surface area contributed by atoms with Gasteiger partial charge in [0.25, 0.3) is 0 Å². The first-order chi connectivity index (χ1) is 3.63. The summed E-state index contributed by atoms with van der Waals surface area (Å²) in [5, 5.41) is 0. The Morgan fingerprint density at radius 1 is 1.75 bits per heavy atom. The number of hydrogen-bond donors (Lipinski definition) is 1. The van der Waals surface area contributed by atoms with Gasteiger partial charge in [0.1, 0.15) is 0 Å². The second kappa shape index (κ2) is 3.67. The molecule has 0 fully saturated rings.